The summed E-state index contributed by atoms with van der Waals surface area (Å²) in [4.78, 5) is 28.5. The third-order valence-corrected chi connectivity index (χ3v) is 3.76. The minimum atomic E-state index is -1.03. The van der Waals surface area contributed by atoms with Crippen molar-refractivity contribution in [3.63, 3.8) is 0 Å². The molecule has 0 saturated carbocycles. The van der Waals surface area contributed by atoms with E-state index < -0.39 is 22.8 Å². The Kier molecular flexibility index (Phi) is 3.91. The molecule has 2 heterocycles. The lowest BCUT2D eigenvalue weighted by molar-refractivity contribution is 0.0929. The van der Waals surface area contributed by atoms with Gasteiger partial charge in [-0.25, -0.2) is 4.98 Å². The SMILES string of the molecule is CC(NC(=O)c1c(O)c2cccnc2n(O)c1=O)c1ccccc1. The number of carbonyl (C=O) groups excluding carboxylic acids is 1. The van der Waals surface area contributed by atoms with Gasteiger partial charge in [0.05, 0.1) is 11.4 Å². The maximum absolute atomic E-state index is 12.5. The molecule has 0 fully saturated rings. The molecule has 122 valence electrons. The van der Waals surface area contributed by atoms with Gasteiger partial charge in [0.2, 0.25) is 0 Å². The second-order valence-corrected chi connectivity index (χ2v) is 5.32. The van der Waals surface area contributed by atoms with E-state index >= 15 is 0 Å². The third-order valence-electron chi connectivity index (χ3n) is 3.76. The van der Waals surface area contributed by atoms with E-state index in [1.807, 2.05) is 30.3 Å². The van der Waals surface area contributed by atoms with Crippen LogP contribution in [0.2, 0.25) is 0 Å². The Balaban J connectivity index is 2.03. The zero-order valence-electron chi connectivity index (χ0n) is 12.8. The monoisotopic (exact) mass is 325 g/mol. The molecule has 7 heteroatoms. The summed E-state index contributed by atoms with van der Waals surface area (Å²) in [5.74, 6) is -1.28. The number of nitrogens with zero attached hydrogens (tertiary/aromatic N) is 2. The molecule has 7 nitrogen and oxygen atoms in total. The predicted octanol–water partition coefficient (Wildman–Crippen LogP) is 1.83. The van der Waals surface area contributed by atoms with Crippen LogP contribution in [0.1, 0.15) is 28.9 Å². The molecule has 1 amide bonds. The van der Waals surface area contributed by atoms with Crippen LogP contribution >= 0.6 is 0 Å². The molecular formula is C17H15N3O4. The van der Waals surface area contributed by atoms with Crippen LogP contribution in [-0.2, 0) is 0 Å². The molecule has 0 aliphatic carbocycles. The van der Waals surface area contributed by atoms with E-state index in [1.165, 1.54) is 18.3 Å². The van der Waals surface area contributed by atoms with Crippen LogP contribution in [0.25, 0.3) is 11.0 Å². The summed E-state index contributed by atoms with van der Waals surface area (Å²) in [5, 5.41) is 22.9. The lowest BCUT2D eigenvalue weighted by Crippen LogP contribution is -2.34. The summed E-state index contributed by atoms with van der Waals surface area (Å²) in [6.45, 7) is 1.75. The van der Waals surface area contributed by atoms with Crippen LogP contribution in [0, 0.1) is 0 Å². The Bertz CT molecular complexity index is 967. The van der Waals surface area contributed by atoms with Crippen molar-refractivity contribution in [2.75, 3.05) is 0 Å². The Hall–Kier alpha value is -3.35. The molecule has 1 aromatic carbocycles. The number of hydrogen-bond donors (Lipinski definition) is 3. The van der Waals surface area contributed by atoms with Gasteiger partial charge in [0, 0.05) is 6.20 Å². The van der Waals surface area contributed by atoms with Crippen molar-refractivity contribution in [3.05, 3.63) is 70.1 Å². The third kappa shape index (κ3) is 2.56. The summed E-state index contributed by atoms with van der Waals surface area (Å²) in [5.41, 5.74) is -0.831. The molecule has 0 radical (unpaired) electrons. The zero-order chi connectivity index (χ0) is 17.3. The van der Waals surface area contributed by atoms with E-state index in [0.29, 0.717) is 0 Å². The highest BCUT2D eigenvalue weighted by molar-refractivity contribution is 6.01. The zero-order valence-corrected chi connectivity index (χ0v) is 12.8. The molecule has 24 heavy (non-hydrogen) atoms. The van der Waals surface area contributed by atoms with Crippen molar-refractivity contribution >= 4 is 16.9 Å². The number of pyridine rings is 2. The van der Waals surface area contributed by atoms with Crippen molar-refractivity contribution in [1.82, 2.24) is 15.0 Å². The van der Waals surface area contributed by atoms with Gasteiger partial charge in [-0.1, -0.05) is 30.3 Å². The van der Waals surface area contributed by atoms with E-state index in [9.17, 15) is 19.9 Å². The van der Waals surface area contributed by atoms with Crippen LogP contribution < -0.4 is 10.9 Å². The topological polar surface area (TPSA) is 104 Å². The normalized spacial score (nSPS) is 12.0. The van der Waals surface area contributed by atoms with Gasteiger partial charge in [-0.3, -0.25) is 9.59 Å². The van der Waals surface area contributed by atoms with Gasteiger partial charge < -0.3 is 15.6 Å². The fourth-order valence-corrected chi connectivity index (χ4v) is 2.49. The van der Waals surface area contributed by atoms with Gasteiger partial charge >= 0.3 is 5.56 Å². The van der Waals surface area contributed by atoms with E-state index in [-0.39, 0.29) is 21.8 Å². The van der Waals surface area contributed by atoms with Gasteiger partial charge in [-0.2, -0.15) is 0 Å². The summed E-state index contributed by atoms with van der Waals surface area (Å²) in [6.07, 6.45) is 1.37. The van der Waals surface area contributed by atoms with Crippen LogP contribution in [0.4, 0.5) is 0 Å². The largest absolute Gasteiger partial charge is 0.506 e. The number of benzene rings is 1. The van der Waals surface area contributed by atoms with E-state index in [0.717, 1.165) is 5.56 Å². The molecule has 2 aromatic heterocycles. The van der Waals surface area contributed by atoms with Gasteiger partial charge in [0.25, 0.3) is 5.91 Å². The van der Waals surface area contributed by atoms with Crippen molar-refractivity contribution < 1.29 is 15.1 Å². The highest BCUT2D eigenvalue weighted by Gasteiger charge is 2.24. The van der Waals surface area contributed by atoms with Gasteiger partial charge in [0.1, 0.15) is 5.75 Å². The first kappa shape index (κ1) is 15.5. The minimum absolute atomic E-state index is 0.108. The number of nitrogens with one attached hydrogen (secondary N) is 1. The highest BCUT2D eigenvalue weighted by Crippen LogP contribution is 2.24. The molecule has 0 aliphatic rings. The molecule has 0 spiro atoms. The first-order valence-electron chi connectivity index (χ1n) is 7.28. The summed E-state index contributed by atoms with van der Waals surface area (Å²) < 4.78 is 0.261. The van der Waals surface area contributed by atoms with Gasteiger partial charge in [-0.15, -0.1) is 4.73 Å². The molecule has 3 N–H and O–H groups in total. The number of hydrogen-bond acceptors (Lipinski definition) is 5. The Morgan fingerprint density at radius 2 is 1.92 bits per heavy atom. The summed E-state index contributed by atoms with van der Waals surface area (Å²) in [6, 6.07) is 11.8. The van der Waals surface area contributed by atoms with E-state index in [4.69, 9.17) is 0 Å². The number of aromatic nitrogens is 2. The number of amides is 1. The second kappa shape index (κ2) is 6.04. The number of aromatic hydroxyl groups is 1. The maximum atomic E-state index is 12.5. The lowest BCUT2D eigenvalue weighted by Gasteiger charge is -2.15. The van der Waals surface area contributed by atoms with Gasteiger partial charge in [0.15, 0.2) is 11.2 Å². The first-order valence-corrected chi connectivity index (χ1v) is 7.28. The number of carbonyl (C=O) groups is 1. The highest BCUT2D eigenvalue weighted by atomic mass is 16.5. The quantitative estimate of drug-likeness (QED) is 0.637. The van der Waals surface area contributed by atoms with E-state index in [1.54, 1.807) is 6.92 Å². The summed E-state index contributed by atoms with van der Waals surface area (Å²) in [7, 11) is 0. The fourth-order valence-electron chi connectivity index (χ4n) is 2.49. The molecule has 0 saturated heterocycles. The Morgan fingerprint density at radius 1 is 1.21 bits per heavy atom. The smallest absolute Gasteiger partial charge is 0.301 e. The van der Waals surface area contributed by atoms with Crippen molar-refractivity contribution in [3.8, 4) is 5.75 Å². The molecule has 0 aliphatic heterocycles. The molecule has 1 atom stereocenters. The first-order chi connectivity index (χ1) is 11.5. The van der Waals surface area contributed by atoms with Crippen LogP contribution in [-0.4, -0.2) is 25.9 Å². The fraction of sp³-hybridized carbons (Fsp3) is 0.118. The average molecular weight is 325 g/mol. The molecular weight excluding hydrogens is 310 g/mol. The van der Waals surface area contributed by atoms with Crippen LogP contribution in [0.5, 0.6) is 5.75 Å². The summed E-state index contributed by atoms with van der Waals surface area (Å²) >= 11 is 0. The Labute approximate surface area is 136 Å². The van der Waals surface area contributed by atoms with Crippen LogP contribution in [0.15, 0.2) is 53.5 Å². The lowest BCUT2D eigenvalue weighted by atomic mass is 10.1. The maximum Gasteiger partial charge on any atom is 0.301 e. The van der Waals surface area contributed by atoms with Crippen molar-refractivity contribution in [1.29, 1.82) is 0 Å². The molecule has 3 rings (SSSR count). The Morgan fingerprint density at radius 3 is 2.62 bits per heavy atom. The van der Waals surface area contributed by atoms with E-state index in [2.05, 4.69) is 10.3 Å². The minimum Gasteiger partial charge on any atom is -0.506 e. The van der Waals surface area contributed by atoms with Crippen LogP contribution in [0.3, 0.4) is 0 Å². The van der Waals surface area contributed by atoms with Crippen molar-refractivity contribution in [2.24, 2.45) is 0 Å². The average Bonchev–Trinajstić information content (AvgIpc) is 2.60. The number of fused-ring (bicyclic) bond motifs is 1. The predicted molar refractivity (Wildman–Crippen MR) is 87.2 cm³/mol. The van der Waals surface area contributed by atoms with Crippen molar-refractivity contribution in [2.45, 2.75) is 13.0 Å². The second-order valence-electron chi connectivity index (χ2n) is 5.32. The van der Waals surface area contributed by atoms with Gasteiger partial charge in [-0.05, 0) is 24.6 Å². The molecule has 3 aromatic rings. The molecule has 0 bridgehead atoms. The standard InChI is InChI=1S/C17H15N3O4/c1-10(11-6-3-2-4-7-11)19-16(22)13-14(21)12-8-5-9-18-15(12)20(24)17(13)23/h2-10,21,24H,1H3,(H,19,22). The molecule has 1 unspecified atom stereocenters. The number of rotatable bonds is 3.